The Hall–Kier alpha value is -1.39. The van der Waals surface area contributed by atoms with Gasteiger partial charge >= 0.3 is 0 Å². The standard InChI is InChI=1S/C14H20N2O2/c1-10-3-5-12(6-4-10)11(2)16-14(17)13-9-18-8-7-15-13/h3-6,11,13,15H,7-9H2,1-2H3,(H,16,17)/t11-,13?/m1/s1. The van der Waals surface area contributed by atoms with Crippen molar-refractivity contribution in [3.8, 4) is 0 Å². The molecule has 1 aliphatic rings. The van der Waals surface area contributed by atoms with Crippen LogP contribution in [0.15, 0.2) is 24.3 Å². The molecule has 1 heterocycles. The smallest absolute Gasteiger partial charge is 0.240 e. The molecule has 1 saturated heterocycles. The fraction of sp³-hybridized carbons (Fsp3) is 0.500. The summed E-state index contributed by atoms with van der Waals surface area (Å²) < 4.78 is 5.28. The minimum Gasteiger partial charge on any atom is -0.378 e. The van der Waals surface area contributed by atoms with Gasteiger partial charge in [0, 0.05) is 6.54 Å². The van der Waals surface area contributed by atoms with Crippen LogP contribution in [0, 0.1) is 6.92 Å². The molecule has 1 aliphatic heterocycles. The van der Waals surface area contributed by atoms with Crippen LogP contribution in [0.5, 0.6) is 0 Å². The van der Waals surface area contributed by atoms with Crippen LogP contribution in [-0.4, -0.2) is 31.7 Å². The van der Waals surface area contributed by atoms with Crippen molar-refractivity contribution >= 4 is 5.91 Å². The predicted octanol–water partition coefficient (Wildman–Crippen LogP) is 1.16. The van der Waals surface area contributed by atoms with Gasteiger partial charge < -0.3 is 15.4 Å². The molecule has 2 atom stereocenters. The zero-order valence-corrected chi connectivity index (χ0v) is 10.9. The number of hydrogen-bond acceptors (Lipinski definition) is 3. The Morgan fingerprint density at radius 3 is 2.78 bits per heavy atom. The third-order valence-corrected chi connectivity index (χ3v) is 3.17. The fourth-order valence-electron chi connectivity index (χ4n) is 1.99. The molecule has 0 bridgehead atoms. The van der Waals surface area contributed by atoms with Gasteiger partial charge in [-0.05, 0) is 19.4 Å². The average Bonchev–Trinajstić information content (AvgIpc) is 2.40. The quantitative estimate of drug-likeness (QED) is 0.844. The molecular formula is C14H20N2O2. The van der Waals surface area contributed by atoms with Gasteiger partial charge in [-0.15, -0.1) is 0 Å². The fourth-order valence-corrected chi connectivity index (χ4v) is 1.99. The van der Waals surface area contributed by atoms with E-state index >= 15 is 0 Å². The minimum absolute atomic E-state index is 0.00257. The maximum Gasteiger partial charge on any atom is 0.240 e. The number of amides is 1. The highest BCUT2D eigenvalue weighted by Crippen LogP contribution is 2.13. The largest absolute Gasteiger partial charge is 0.378 e. The van der Waals surface area contributed by atoms with Crippen molar-refractivity contribution in [3.05, 3.63) is 35.4 Å². The van der Waals surface area contributed by atoms with Crippen molar-refractivity contribution in [1.82, 2.24) is 10.6 Å². The highest BCUT2D eigenvalue weighted by molar-refractivity contribution is 5.82. The summed E-state index contributed by atoms with van der Waals surface area (Å²) in [6.45, 7) is 5.91. The Kier molecular flexibility index (Phi) is 4.33. The normalized spacial score (nSPS) is 21.3. The average molecular weight is 248 g/mol. The van der Waals surface area contributed by atoms with E-state index in [9.17, 15) is 4.79 Å². The molecule has 0 aromatic heterocycles. The summed E-state index contributed by atoms with van der Waals surface area (Å²) in [4.78, 5) is 12.0. The monoisotopic (exact) mass is 248 g/mol. The number of aryl methyl sites for hydroxylation is 1. The lowest BCUT2D eigenvalue weighted by molar-refractivity contribution is -0.126. The van der Waals surface area contributed by atoms with Crippen molar-refractivity contribution in [3.63, 3.8) is 0 Å². The SMILES string of the molecule is Cc1ccc([C@@H](C)NC(=O)C2COCCN2)cc1. The molecule has 4 heteroatoms. The van der Waals surface area contributed by atoms with Crippen LogP contribution in [0.3, 0.4) is 0 Å². The Labute approximate surface area is 108 Å². The maximum atomic E-state index is 12.0. The molecule has 0 spiro atoms. The van der Waals surface area contributed by atoms with Gasteiger partial charge in [0.25, 0.3) is 0 Å². The molecule has 1 unspecified atom stereocenters. The molecular weight excluding hydrogens is 228 g/mol. The van der Waals surface area contributed by atoms with E-state index in [1.807, 2.05) is 19.1 Å². The first kappa shape index (κ1) is 13.1. The Balaban J connectivity index is 1.91. The van der Waals surface area contributed by atoms with Crippen LogP contribution in [0.1, 0.15) is 24.1 Å². The second-order valence-electron chi connectivity index (χ2n) is 4.72. The molecule has 4 nitrogen and oxygen atoms in total. The molecule has 0 aliphatic carbocycles. The topological polar surface area (TPSA) is 50.4 Å². The third-order valence-electron chi connectivity index (χ3n) is 3.17. The predicted molar refractivity (Wildman–Crippen MR) is 70.3 cm³/mol. The number of rotatable bonds is 3. The summed E-state index contributed by atoms with van der Waals surface area (Å²) in [6, 6.07) is 7.99. The Morgan fingerprint density at radius 1 is 1.44 bits per heavy atom. The van der Waals surface area contributed by atoms with E-state index in [0.717, 1.165) is 12.1 Å². The van der Waals surface area contributed by atoms with Crippen molar-refractivity contribution in [2.45, 2.75) is 25.9 Å². The molecule has 18 heavy (non-hydrogen) atoms. The Morgan fingerprint density at radius 2 is 2.17 bits per heavy atom. The lowest BCUT2D eigenvalue weighted by atomic mass is 10.1. The van der Waals surface area contributed by atoms with Crippen LogP contribution >= 0.6 is 0 Å². The minimum atomic E-state index is -0.230. The second-order valence-corrected chi connectivity index (χ2v) is 4.72. The summed E-state index contributed by atoms with van der Waals surface area (Å²) in [5.41, 5.74) is 2.34. The van der Waals surface area contributed by atoms with Gasteiger partial charge in [0.15, 0.2) is 0 Å². The van der Waals surface area contributed by atoms with Gasteiger partial charge in [0.05, 0.1) is 19.3 Å². The van der Waals surface area contributed by atoms with Crippen LogP contribution in [0.2, 0.25) is 0 Å². The van der Waals surface area contributed by atoms with Crippen LogP contribution < -0.4 is 10.6 Å². The number of morpholine rings is 1. The van der Waals surface area contributed by atoms with Gasteiger partial charge in [-0.3, -0.25) is 4.79 Å². The van der Waals surface area contributed by atoms with Crippen molar-refractivity contribution < 1.29 is 9.53 Å². The lowest BCUT2D eigenvalue weighted by Gasteiger charge is -2.25. The van der Waals surface area contributed by atoms with Gasteiger partial charge in [-0.25, -0.2) is 0 Å². The molecule has 2 rings (SSSR count). The summed E-state index contributed by atoms with van der Waals surface area (Å²) in [5, 5.41) is 6.15. The molecule has 1 aromatic carbocycles. The number of benzene rings is 1. The van der Waals surface area contributed by atoms with E-state index in [0.29, 0.717) is 13.2 Å². The van der Waals surface area contributed by atoms with Crippen LogP contribution in [-0.2, 0) is 9.53 Å². The van der Waals surface area contributed by atoms with E-state index in [1.54, 1.807) is 0 Å². The van der Waals surface area contributed by atoms with Crippen LogP contribution in [0.25, 0.3) is 0 Å². The number of ether oxygens (including phenoxy) is 1. The maximum absolute atomic E-state index is 12.0. The first-order chi connectivity index (χ1) is 8.66. The van der Waals surface area contributed by atoms with Gasteiger partial charge in [-0.2, -0.15) is 0 Å². The zero-order chi connectivity index (χ0) is 13.0. The molecule has 0 radical (unpaired) electrons. The molecule has 1 aromatic rings. The first-order valence-electron chi connectivity index (χ1n) is 6.35. The number of carbonyl (C=O) groups is 1. The number of hydrogen-bond donors (Lipinski definition) is 2. The summed E-state index contributed by atoms with van der Waals surface area (Å²) >= 11 is 0. The van der Waals surface area contributed by atoms with E-state index in [1.165, 1.54) is 5.56 Å². The summed E-state index contributed by atoms with van der Waals surface area (Å²) in [7, 11) is 0. The van der Waals surface area contributed by atoms with Crippen molar-refractivity contribution in [2.75, 3.05) is 19.8 Å². The van der Waals surface area contributed by atoms with Gasteiger partial charge in [0.2, 0.25) is 5.91 Å². The van der Waals surface area contributed by atoms with Gasteiger partial charge in [-0.1, -0.05) is 29.8 Å². The van der Waals surface area contributed by atoms with Crippen molar-refractivity contribution in [2.24, 2.45) is 0 Å². The third kappa shape index (κ3) is 3.31. The first-order valence-corrected chi connectivity index (χ1v) is 6.35. The summed E-state index contributed by atoms with van der Waals surface area (Å²) in [6.07, 6.45) is 0. The molecule has 2 N–H and O–H groups in total. The van der Waals surface area contributed by atoms with Crippen LogP contribution in [0.4, 0.5) is 0 Å². The molecule has 0 saturated carbocycles. The second kappa shape index (κ2) is 5.98. The highest BCUT2D eigenvalue weighted by Gasteiger charge is 2.22. The van der Waals surface area contributed by atoms with E-state index in [4.69, 9.17) is 4.74 Å². The molecule has 1 amide bonds. The molecule has 1 fully saturated rings. The van der Waals surface area contributed by atoms with E-state index in [2.05, 4.69) is 29.7 Å². The van der Waals surface area contributed by atoms with E-state index < -0.39 is 0 Å². The van der Waals surface area contributed by atoms with E-state index in [-0.39, 0.29) is 18.0 Å². The van der Waals surface area contributed by atoms with Gasteiger partial charge in [0.1, 0.15) is 6.04 Å². The number of carbonyl (C=O) groups excluding carboxylic acids is 1. The lowest BCUT2D eigenvalue weighted by Crippen LogP contribution is -2.51. The number of nitrogens with one attached hydrogen (secondary N) is 2. The highest BCUT2D eigenvalue weighted by atomic mass is 16.5. The van der Waals surface area contributed by atoms with Crippen molar-refractivity contribution in [1.29, 1.82) is 0 Å². The molecule has 98 valence electrons. The summed E-state index contributed by atoms with van der Waals surface area (Å²) in [5.74, 6) is 0.00257. The zero-order valence-electron chi connectivity index (χ0n) is 10.9. The Bertz CT molecular complexity index is 397.